The first kappa shape index (κ1) is 44.4. The minimum absolute atomic E-state index is 0.178. The molecule has 59 heavy (non-hydrogen) atoms. The maximum absolute atomic E-state index is 5.97. The Bertz CT molecular complexity index is 1650. The van der Waals surface area contributed by atoms with Crippen LogP contribution in [0, 0.1) is 0 Å². The van der Waals surface area contributed by atoms with Crippen molar-refractivity contribution >= 4 is 0 Å². The van der Waals surface area contributed by atoms with E-state index in [9.17, 15) is 0 Å². The van der Waals surface area contributed by atoms with Gasteiger partial charge in [0.05, 0.1) is 66.1 Å². The van der Waals surface area contributed by atoms with Crippen LogP contribution in [0.2, 0.25) is 0 Å². The Labute approximate surface area is 350 Å². The van der Waals surface area contributed by atoms with Gasteiger partial charge in [-0.2, -0.15) is 0 Å². The molecule has 11 heteroatoms. The lowest BCUT2D eigenvalue weighted by molar-refractivity contribution is -0.0902. The summed E-state index contributed by atoms with van der Waals surface area (Å²) < 4.78 is 62.4. The van der Waals surface area contributed by atoms with Crippen LogP contribution in [0.5, 0.6) is 23.0 Å². The smallest absolute Gasteiger partial charge is 0.197 e. The van der Waals surface area contributed by atoms with Crippen LogP contribution >= 0.6 is 0 Å². The number of epoxide rings is 2. The van der Waals surface area contributed by atoms with Crippen molar-refractivity contribution < 1.29 is 52.1 Å². The van der Waals surface area contributed by atoms with Gasteiger partial charge in [-0.25, -0.2) is 0 Å². The van der Waals surface area contributed by atoms with E-state index in [2.05, 4.69) is 76.2 Å². The molecule has 0 amide bonds. The molecular weight excluding hydrogens is 753 g/mol. The van der Waals surface area contributed by atoms with E-state index in [1.807, 2.05) is 62.4 Å². The second-order valence-corrected chi connectivity index (χ2v) is 15.8. The Balaban J connectivity index is 0.745. The maximum Gasteiger partial charge on any atom is 0.197 e. The first-order valence-electron chi connectivity index (χ1n) is 20.8. The minimum atomic E-state index is -0.411. The summed E-state index contributed by atoms with van der Waals surface area (Å²) in [5.41, 5.74) is 4.44. The summed E-state index contributed by atoms with van der Waals surface area (Å²) in [7, 11) is 0. The number of rotatable bonds is 28. The van der Waals surface area contributed by atoms with Gasteiger partial charge >= 0.3 is 0 Å². The van der Waals surface area contributed by atoms with Gasteiger partial charge in [-0.15, -0.1) is 0 Å². The Hall–Kier alpha value is -4.20. The monoisotopic (exact) mass is 814 g/mol. The predicted octanol–water partition coefficient (Wildman–Crippen LogP) is 8.13. The van der Waals surface area contributed by atoms with Gasteiger partial charge in [0.2, 0.25) is 0 Å². The molecule has 4 aromatic carbocycles. The molecule has 0 aliphatic carbocycles. The third-order valence-electron chi connectivity index (χ3n) is 10.5. The lowest BCUT2D eigenvalue weighted by Gasteiger charge is -2.26. The molecule has 0 aromatic heterocycles. The average molecular weight is 815 g/mol. The Morgan fingerprint density at radius 2 is 0.712 bits per heavy atom. The van der Waals surface area contributed by atoms with Crippen LogP contribution in [-0.2, 0) is 44.0 Å². The largest absolute Gasteiger partial charge is 0.491 e. The molecule has 0 radical (unpaired) electrons. The fourth-order valence-electron chi connectivity index (χ4n) is 6.42. The molecule has 0 N–H and O–H groups in total. The summed E-state index contributed by atoms with van der Waals surface area (Å²) in [5, 5.41) is 0. The summed E-state index contributed by atoms with van der Waals surface area (Å²) >= 11 is 0. The summed E-state index contributed by atoms with van der Waals surface area (Å²) in [6.45, 7) is 19.0. The van der Waals surface area contributed by atoms with Gasteiger partial charge in [0, 0.05) is 10.8 Å². The second kappa shape index (κ2) is 21.9. The van der Waals surface area contributed by atoms with E-state index in [4.69, 9.17) is 52.1 Å². The van der Waals surface area contributed by atoms with Gasteiger partial charge in [0.25, 0.3) is 0 Å². The van der Waals surface area contributed by atoms with E-state index < -0.39 is 12.6 Å². The van der Waals surface area contributed by atoms with Crippen LogP contribution < -0.4 is 18.9 Å². The van der Waals surface area contributed by atoms with E-state index in [1.54, 1.807) is 0 Å². The molecule has 4 atom stereocenters. The molecule has 2 heterocycles. The molecular formula is C48H62O11. The first-order valence-corrected chi connectivity index (χ1v) is 20.8. The Morgan fingerprint density at radius 1 is 0.441 bits per heavy atom. The van der Waals surface area contributed by atoms with Gasteiger partial charge < -0.3 is 52.1 Å². The van der Waals surface area contributed by atoms with Crippen molar-refractivity contribution in [1.82, 2.24) is 0 Å². The fraction of sp³-hybridized carbons (Fsp3) is 0.500. The molecule has 2 fully saturated rings. The van der Waals surface area contributed by atoms with Crippen molar-refractivity contribution in [2.75, 3.05) is 79.3 Å². The van der Waals surface area contributed by atoms with Gasteiger partial charge in [0.15, 0.2) is 12.6 Å². The zero-order chi connectivity index (χ0) is 41.5. The standard InChI is InChI=1S/C48H62O11/c1-35(58-43-19-11-39(12-20-43)47(3,4)37-7-15-41(16-8-37)54-31-45-33-56-45)52-29-27-50-25-23-49-24-26-51-28-30-53-36(2)59-44-21-13-40(14-22-44)48(5,6)38-9-17-42(18-10-38)55-32-46-34-57-46/h7-22,35-36,45-46H,23-34H2,1-6H3. The molecule has 2 aliphatic heterocycles. The van der Waals surface area contributed by atoms with Crippen molar-refractivity contribution in [2.24, 2.45) is 0 Å². The number of hydrogen-bond donors (Lipinski definition) is 0. The SMILES string of the molecule is CC(OCCOCCOCCOCCOC(C)Oc1ccc(C(C)(C)c2ccc(OCC3CO3)cc2)cc1)Oc1ccc(C(C)(C)c2ccc(OCC3CO3)cc2)cc1. The van der Waals surface area contributed by atoms with Gasteiger partial charge in [0.1, 0.15) is 48.4 Å². The zero-order valence-electron chi connectivity index (χ0n) is 35.5. The molecule has 0 bridgehead atoms. The highest BCUT2D eigenvalue weighted by molar-refractivity contribution is 5.43. The number of hydrogen-bond acceptors (Lipinski definition) is 11. The topological polar surface area (TPSA) is 108 Å². The molecule has 6 rings (SSSR count). The summed E-state index contributed by atoms with van der Waals surface area (Å²) in [5.74, 6) is 3.22. The fourth-order valence-corrected chi connectivity index (χ4v) is 6.42. The van der Waals surface area contributed by atoms with Crippen LogP contribution in [-0.4, -0.2) is 104 Å². The molecule has 4 unspecified atom stereocenters. The minimum Gasteiger partial charge on any atom is -0.491 e. The van der Waals surface area contributed by atoms with E-state index in [0.717, 1.165) is 36.2 Å². The molecule has 2 aliphatic rings. The van der Waals surface area contributed by atoms with Crippen LogP contribution in [0.1, 0.15) is 63.8 Å². The molecule has 0 saturated carbocycles. The van der Waals surface area contributed by atoms with Crippen molar-refractivity contribution in [3.8, 4) is 23.0 Å². The molecule has 0 spiro atoms. The van der Waals surface area contributed by atoms with Crippen molar-refractivity contribution in [3.05, 3.63) is 119 Å². The molecule has 11 nitrogen and oxygen atoms in total. The average Bonchev–Trinajstić information content (AvgIpc) is 4.19. The predicted molar refractivity (Wildman–Crippen MR) is 225 cm³/mol. The summed E-state index contributed by atoms with van der Waals surface area (Å²) in [6.07, 6.45) is -0.335. The molecule has 4 aromatic rings. The van der Waals surface area contributed by atoms with Crippen molar-refractivity contribution in [3.63, 3.8) is 0 Å². The highest BCUT2D eigenvalue weighted by atomic mass is 16.7. The van der Waals surface area contributed by atoms with Crippen molar-refractivity contribution in [2.45, 2.75) is 77.2 Å². The van der Waals surface area contributed by atoms with Gasteiger partial charge in [-0.05, 0) is 84.6 Å². The molecule has 320 valence electrons. The number of ether oxygens (including phenoxy) is 11. The normalized spacial score (nSPS) is 17.3. The Kier molecular flexibility index (Phi) is 16.4. The highest BCUT2D eigenvalue weighted by Gasteiger charge is 2.26. The van der Waals surface area contributed by atoms with Crippen LogP contribution in [0.4, 0.5) is 0 Å². The lowest BCUT2D eigenvalue weighted by atomic mass is 9.78. The molecule has 2 saturated heterocycles. The maximum atomic E-state index is 5.97. The Morgan fingerprint density at radius 3 is 1.00 bits per heavy atom. The zero-order valence-corrected chi connectivity index (χ0v) is 35.5. The summed E-state index contributed by atoms with van der Waals surface area (Å²) in [6, 6.07) is 32.9. The van der Waals surface area contributed by atoms with Gasteiger partial charge in [-0.1, -0.05) is 76.2 Å². The quantitative estimate of drug-likeness (QED) is 0.0315. The van der Waals surface area contributed by atoms with Crippen LogP contribution in [0.3, 0.4) is 0 Å². The third-order valence-corrected chi connectivity index (χ3v) is 10.5. The lowest BCUT2D eigenvalue weighted by Crippen LogP contribution is -2.21. The number of benzene rings is 4. The third kappa shape index (κ3) is 14.5. The first-order chi connectivity index (χ1) is 28.6. The second-order valence-electron chi connectivity index (χ2n) is 15.8. The highest BCUT2D eigenvalue weighted by Crippen LogP contribution is 2.35. The van der Waals surface area contributed by atoms with E-state index in [1.165, 1.54) is 22.3 Å². The van der Waals surface area contributed by atoms with Crippen LogP contribution in [0.15, 0.2) is 97.1 Å². The van der Waals surface area contributed by atoms with E-state index in [0.29, 0.717) is 66.1 Å². The van der Waals surface area contributed by atoms with Gasteiger partial charge in [-0.3, -0.25) is 0 Å². The van der Waals surface area contributed by atoms with Crippen molar-refractivity contribution in [1.29, 1.82) is 0 Å². The summed E-state index contributed by atoms with van der Waals surface area (Å²) in [4.78, 5) is 0. The van der Waals surface area contributed by atoms with E-state index in [-0.39, 0.29) is 23.0 Å². The van der Waals surface area contributed by atoms with E-state index >= 15 is 0 Å². The van der Waals surface area contributed by atoms with Crippen LogP contribution in [0.25, 0.3) is 0 Å².